The van der Waals surface area contributed by atoms with Gasteiger partial charge in [-0.05, 0) is 19.4 Å². The summed E-state index contributed by atoms with van der Waals surface area (Å²) in [5.41, 5.74) is 1.31. The van der Waals surface area contributed by atoms with E-state index in [1.165, 1.54) is 5.57 Å². The molecule has 56 valence electrons. The van der Waals surface area contributed by atoms with Gasteiger partial charge in [0.1, 0.15) is 5.76 Å². The van der Waals surface area contributed by atoms with Crippen LogP contribution < -0.4 is 0 Å². The summed E-state index contributed by atoms with van der Waals surface area (Å²) in [5.74, 6) is 0.868. The third-order valence-electron chi connectivity index (χ3n) is 1.58. The molecule has 1 aliphatic rings. The zero-order valence-corrected chi connectivity index (χ0v) is 6.98. The lowest BCUT2D eigenvalue weighted by molar-refractivity contribution is 0.277. The summed E-state index contributed by atoms with van der Waals surface area (Å²) in [4.78, 5) is 0. The van der Waals surface area contributed by atoms with E-state index in [4.69, 9.17) is 16.3 Å². The van der Waals surface area contributed by atoms with E-state index in [2.05, 4.69) is 6.92 Å². The molecule has 0 N–H and O–H groups in total. The van der Waals surface area contributed by atoms with Crippen LogP contribution >= 0.6 is 11.6 Å². The van der Waals surface area contributed by atoms with E-state index in [0.717, 1.165) is 12.2 Å². The third kappa shape index (κ3) is 1.54. The average Bonchev–Trinajstić information content (AvgIpc) is 1.88. The van der Waals surface area contributed by atoms with Gasteiger partial charge < -0.3 is 4.74 Å². The van der Waals surface area contributed by atoms with Crippen LogP contribution in [0.4, 0.5) is 0 Å². The molecule has 1 aliphatic carbocycles. The molecule has 1 unspecified atom stereocenters. The second-order valence-corrected chi connectivity index (χ2v) is 2.98. The molecule has 0 saturated carbocycles. The number of hydrogen-bond donors (Lipinski definition) is 0. The molecule has 0 aromatic heterocycles. The van der Waals surface area contributed by atoms with E-state index in [-0.39, 0.29) is 5.38 Å². The molecule has 0 amide bonds. The molecule has 0 aromatic carbocycles. The zero-order chi connectivity index (χ0) is 7.56. The lowest BCUT2D eigenvalue weighted by Crippen LogP contribution is -2.08. The lowest BCUT2D eigenvalue weighted by Gasteiger charge is -2.16. The monoisotopic (exact) mass is 158 g/mol. The van der Waals surface area contributed by atoms with Crippen molar-refractivity contribution in [3.8, 4) is 0 Å². The molecule has 0 aromatic rings. The van der Waals surface area contributed by atoms with Gasteiger partial charge in [-0.15, -0.1) is 11.6 Å². The van der Waals surface area contributed by atoms with Crippen LogP contribution in [0.2, 0.25) is 0 Å². The molecule has 1 rings (SSSR count). The Morgan fingerprint density at radius 2 is 2.30 bits per heavy atom. The lowest BCUT2D eigenvalue weighted by atomic mass is 10.1. The van der Waals surface area contributed by atoms with E-state index in [1.54, 1.807) is 7.11 Å². The van der Waals surface area contributed by atoms with Gasteiger partial charge in [-0.25, -0.2) is 0 Å². The van der Waals surface area contributed by atoms with Crippen molar-refractivity contribution < 1.29 is 4.74 Å². The molecule has 2 heteroatoms. The molecule has 0 spiro atoms. The summed E-state index contributed by atoms with van der Waals surface area (Å²) in [6, 6.07) is 0. The molecule has 10 heavy (non-hydrogen) atoms. The zero-order valence-electron chi connectivity index (χ0n) is 6.23. The average molecular weight is 159 g/mol. The minimum atomic E-state index is 0.0370. The maximum Gasteiger partial charge on any atom is 0.114 e. The topological polar surface area (TPSA) is 9.23 Å². The van der Waals surface area contributed by atoms with Gasteiger partial charge in [0.2, 0.25) is 0 Å². The maximum absolute atomic E-state index is 5.94. The Balaban J connectivity index is 2.71. The number of allylic oxidation sites excluding steroid dienone is 4. The van der Waals surface area contributed by atoms with Crippen molar-refractivity contribution in [3.05, 3.63) is 23.5 Å². The predicted octanol–water partition coefficient (Wildman–Crippen LogP) is 2.47. The summed E-state index contributed by atoms with van der Waals surface area (Å²) in [7, 11) is 1.65. The van der Waals surface area contributed by atoms with Crippen molar-refractivity contribution in [2.45, 2.75) is 18.7 Å². The molecule has 0 fully saturated rings. The number of hydrogen-bond acceptors (Lipinski definition) is 1. The van der Waals surface area contributed by atoms with Crippen molar-refractivity contribution >= 4 is 11.6 Å². The fraction of sp³-hybridized carbons (Fsp3) is 0.500. The fourth-order valence-corrected chi connectivity index (χ4v) is 1.38. The quantitative estimate of drug-likeness (QED) is 0.533. The first-order valence-electron chi connectivity index (χ1n) is 3.29. The second-order valence-electron chi connectivity index (χ2n) is 2.46. The van der Waals surface area contributed by atoms with Gasteiger partial charge in [0.25, 0.3) is 0 Å². The highest BCUT2D eigenvalue weighted by atomic mass is 35.5. The van der Waals surface area contributed by atoms with Gasteiger partial charge >= 0.3 is 0 Å². The van der Waals surface area contributed by atoms with Crippen LogP contribution in [0.25, 0.3) is 0 Å². The van der Waals surface area contributed by atoms with Crippen LogP contribution in [-0.2, 0) is 4.74 Å². The summed E-state index contributed by atoms with van der Waals surface area (Å²) >= 11 is 5.94. The standard InChI is InChI=1S/C8H11ClO/c1-6-3-4-8(10-2)7(9)5-6/h3-4,7H,5H2,1-2H3. The van der Waals surface area contributed by atoms with Crippen LogP contribution in [0.15, 0.2) is 23.5 Å². The number of ether oxygens (including phenoxy) is 1. The Hall–Kier alpha value is -0.430. The largest absolute Gasteiger partial charge is 0.500 e. The Bertz CT molecular complexity index is 182. The minimum Gasteiger partial charge on any atom is -0.500 e. The molecule has 0 radical (unpaired) electrons. The third-order valence-corrected chi connectivity index (χ3v) is 1.95. The maximum atomic E-state index is 5.94. The van der Waals surface area contributed by atoms with Gasteiger partial charge in [-0.1, -0.05) is 11.6 Å². The molecule has 0 saturated heterocycles. The van der Waals surface area contributed by atoms with Crippen LogP contribution in [0.1, 0.15) is 13.3 Å². The summed E-state index contributed by atoms with van der Waals surface area (Å²) in [6.07, 6.45) is 4.87. The Morgan fingerprint density at radius 3 is 2.80 bits per heavy atom. The SMILES string of the molecule is COC1=CC=C(C)CC1Cl. The van der Waals surface area contributed by atoms with E-state index < -0.39 is 0 Å². The molecule has 1 nitrogen and oxygen atoms in total. The van der Waals surface area contributed by atoms with Crippen LogP contribution in [0.5, 0.6) is 0 Å². The van der Waals surface area contributed by atoms with Gasteiger partial charge in [0, 0.05) is 0 Å². The number of methoxy groups -OCH3 is 1. The van der Waals surface area contributed by atoms with Gasteiger partial charge in [-0.2, -0.15) is 0 Å². The second kappa shape index (κ2) is 3.11. The van der Waals surface area contributed by atoms with Gasteiger partial charge in [0.05, 0.1) is 12.5 Å². The molecular formula is C8H11ClO. The first-order valence-corrected chi connectivity index (χ1v) is 3.73. The predicted molar refractivity (Wildman–Crippen MR) is 43.1 cm³/mol. The molecule has 0 bridgehead atoms. The Labute approximate surface area is 66.3 Å². The molecule has 1 atom stereocenters. The first kappa shape index (κ1) is 7.67. The Kier molecular flexibility index (Phi) is 2.39. The summed E-state index contributed by atoms with van der Waals surface area (Å²) < 4.78 is 5.04. The molecule has 0 heterocycles. The van der Waals surface area contributed by atoms with Crippen LogP contribution in [-0.4, -0.2) is 12.5 Å². The smallest absolute Gasteiger partial charge is 0.114 e. The van der Waals surface area contributed by atoms with Crippen molar-refractivity contribution in [3.63, 3.8) is 0 Å². The molecular weight excluding hydrogens is 148 g/mol. The van der Waals surface area contributed by atoms with Crippen molar-refractivity contribution in [2.24, 2.45) is 0 Å². The van der Waals surface area contributed by atoms with E-state index in [9.17, 15) is 0 Å². The first-order chi connectivity index (χ1) is 4.74. The number of halogens is 1. The fourth-order valence-electron chi connectivity index (χ4n) is 0.976. The van der Waals surface area contributed by atoms with Crippen LogP contribution in [0, 0.1) is 0 Å². The van der Waals surface area contributed by atoms with Crippen molar-refractivity contribution in [1.29, 1.82) is 0 Å². The van der Waals surface area contributed by atoms with Crippen LogP contribution in [0.3, 0.4) is 0 Å². The highest BCUT2D eigenvalue weighted by Crippen LogP contribution is 2.23. The minimum absolute atomic E-state index is 0.0370. The normalized spacial score (nSPS) is 25.3. The van der Waals surface area contributed by atoms with E-state index in [1.807, 2.05) is 12.2 Å². The number of rotatable bonds is 1. The van der Waals surface area contributed by atoms with Crippen molar-refractivity contribution in [1.82, 2.24) is 0 Å². The van der Waals surface area contributed by atoms with Gasteiger partial charge in [0.15, 0.2) is 0 Å². The highest BCUT2D eigenvalue weighted by molar-refractivity contribution is 6.22. The summed E-state index contributed by atoms with van der Waals surface area (Å²) in [6.45, 7) is 2.07. The van der Waals surface area contributed by atoms with Gasteiger partial charge in [-0.3, -0.25) is 0 Å². The Morgan fingerprint density at radius 1 is 1.60 bits per heavy atom. The summed E-state index contributed by atoms with van der Waals surface area (Å²) in [5, 5.41) is 0.0370. The molecule has 0 aliphatic heterocycles. The highest BCUT2D eigenvalue weighted by Gasteiger charge is 2.14. The van der Waals surface area contributed by atoms with Crippen molar-refractivity contribution in [2.75, 3.05) is 7.11 Å². The number of alkyl halides is 1. The van der Waals surface area contributed by atoms with E-state index in [0.29, 0.717) is 0 Å². The van der Waals surface area contributed by atoms with E-state index >= 15 is 0 Å².